The fraction of sp³-hybridized carbons (Fsp3) is 0.100. The number of aryl methyl sites for hydroxylation is 1. The van der Waals surface area contributed by atoms with Gasteiger partial charge in [0.25, 0.3) is 0 Å². The van der Waals surface area contributed by atoms with Crippen molar-refractivity contribution in [3.05, 3.63) is 76.7 Å². The smallest absolute Gasteiger partial charge is 0.136 e. The van der Waals surface area contributed by atoms with Crippen molar-refractivity contribution in [3.8, 4) is 17.3 Å². The number of hydrogen-bond acceptors (Lipinski definition) is 4. The molecule has 0 bridgehead atoms. The predicted octanol–water partition coefficient (Wildman–Crippen LogP) is 5.35. The summed E-state index contributed by atoms with van der Waals surface area (Å²) in [7, 11) is 0. The zero-order chi connectivity index (χ0) is 16.8. The van der Waals surface area contributed by atoms with Crippen molar-refractivity contribution in [2.24, 2.45) is 0 Å². The van der Waals surface area contributed by atoms with Crippen molar-refractivity contribution in [2.45, 2.75) is 13.3 Å². The summed E-state index contributed by atoms with van der Waals surface area (Å²) in [5.74, 6) is 0. The largest absolute Gasteiger partial charge is 0.360 e. The Labute approximate surface area is 145 Å². The van der Waals surface area contributed by atoms with Crippen LogP contribution in [0.3, 0.4) is 0 Å². The summed E-state index contributed by atoms with van der Waals surface area (Å²) in [6.07, 6.45) is 2.73. The molecule has 0 amide bonds. The van der Waals surface area contributed by atoms with E-state index >= 15 is 0 Å². The van der Waals surface area contributed by atoms with Crippen molar-refractivity contribution < 1.29 is 0 Å². The van der Waals surface area contributed by atoms with Gasteiger partial charge in [-0.3, -0.25) is 0 Å². The highest BCUT2D eigenvalue weighted by atomic mass is 32.1. The van der Waals surface area contributed by atoms with Gasteiger partial charge in [0.15, 0.2) is 0 Å². The van der Waals surface area contributed by atoms with Crippen molar-refractivity contribution in [3.63, 3.8) is 0 Å². The van der Waals surface area contributed by atoms with Gasteiger partial charge in [-0.2, -0.15) is 5.26 Å². The summed E-state index contributed by atoms with van der Waals surface area (Å²) < 4.78 is 0. The molecule has 3 aromatic rings. The summed E-state index contributed by atoms with van der Waals surface area (Å²) in [5.41, 5.74) is 4.75. The SMILES string of the molecule is CCc1ccc(-c2csc(/C(C#N)=C/Nc3ccccc3)n2)cc1. The molecule has 2 aromatic carbocycles. The average Bonchev–Trinajstić information content (AvgIpc) is 3.13. The average molecular weight is 331 g/mol. The van der Waals surface area contributed by atoms with Gasteiger partial charge in [-0.25, -0.2) is 4.98 Å². The second-order valence-corrected chi connectivity index (χ2v) is 6.13. The minimum absolute atomic E-state index is 0.528. The van der Waals surface area contributed by atoms with Crippen LogP contribution < -0.4 is 5.32 Å². The van der Waals surface area contributed by atoms with Crippen LogP contribution in [-0.4, -0.2) is 4.98 Å². The highest BCUT2D eigenvalue weighted by Gasteiger charge is 2.09. The van der Waals surface area contributed by atoms with E-state index in [2.05, 4.69) is 47.6 Å². The van der Waals surface area contributed by atoms with E-state index in [0.717, 1.165) is 28.4 Å². The molecule has 0 radical (unpaired) electrons. The topological polar surface area (TPSA) is 48.7 Å². The summed E-state index contributed by atoms with van der Waals surface area (Å²) in [6, 6.07) is 20.4. The minimum atomic E-state index is 0.528. The first-order chi connectivity index (χ1) is 11.8. The maximum atomic E-state index is 9.41. The third-order valence-corrected chi connectivity index (χ3v) is 4.55. The Kier molecular flexibility index (Phi) is 5.05. The summed E-state index contributed by atoms with van der Waals surface area (Å²) in [6.45, 7) is 2.14. The van der Waals surface area contributed by atoms with E-state index in [4.69, 9.17) is 0 Å². The number of para-hydroxylation sites is 1. The Morgan fingerprint density at radius 1 is 1.17 bits per heavy atom. The Balaban J connectivity index is 1.81. The first kappa shape index (κ1) is 16.0. The van der Waals surface area contributed by atoms with Gasteiger partial charge in [-0.05, 0) is 24.1 Å². The number of anilines is 1. The predicted molar refractivity (Wildman–Crippen MR) is 101 cm³/mol. The Bertz CT molecular complexity index is 871. The van der Waals surface area contributed by atoms with Crippen LogP contribution >= 0.6 is 11.3 Å². The number of benzene rings is 2. The van der Waals surface area contributed by atoms with Gasteiger partial charge in [0.05, 0.1) is 5.69 Å². The molecule has 0 aliphatic carbocycles. The maximum absolute atomic E-state index is 9.41. The molecule has 118 valence electrons. The minimum Gasteiger partial charge on any atom is -0.360 e. The van der Waals surface area contributed by atoms with Crippen molar-refractivity contribution in [1.29, 1.82) is 5.26 Å². The number of nitrogens with one attached hydrogen (secondary N) is 1. The van der Waals surface area contributed by atoms with E-state index in [1.54, 1.807) is 6.20 Å². The standard InChI is InChI=1S/C20H17N3S/c1-2-15-8-10-16(11-9-15)19-14-24-20(23-19)17(12-21)13-22-18-6-4-3-5-7-18/h3-11,13-14,22H,2H2,1H3/b17-13+. The Morgan fingerprint density at radius 3 is 2.58 bits per heavy atom. The molecule has 0 saturated heterocycles. The van der Waals surface area contributed by atoms with Crippen LogP contribution in [0.15, 0.2) is 66.2 Å². The fourth-order valence-corrected chi connectivity index (χ4v) is 3.07. The molecule has 24 heavy (non-hydrogen) atoms. The molecule has 3 rings (SSSR count). The van der Waals surface area contributed by atoms with E-state index in [1.165, 1.54) is 16.9 Å². The molecule has 0 aliphatic heterocycles. The second-order valence-electron chi connectivity index (χ2n) is 5.27. The van der Waals surface area contributed by atoms with Gasteiger partial charge in [0.1, 0.15) is 16.6 Å². The number of allylic oxidation sites excluding steroid dienone is 1. The van der Waals surface area contributed by atoms with Gasteiger partial charge < -0.3 is 5.32 Å². The number of rotatable bonds is 5. The number of aromatic nitrogens is 1. The molecule has 3 nitrogen and oxygen atoms in total. The van der Waals surface area contributed by atoms with E-state index in [1.807, 2.05) is 35.7 Å². The first-order valence-corrected chi connectivity index (χ1v) is 8.65. The molecule has 1 aromatic heterocycles. The molecule has 0 atom stereocenters. The highest BCUT2D eigenvalue weighted by Crippen LogP contribution is 2.26. The molecule has 0 spiro atoms. The quantitative estimate of drug-likeness (QED) is 0.641. The molecule has 1 N–H and O–H groups in total. The van der Waals surface area contributed by atoms with Crippen LogP contribution in [0.25, 0.3) is 16.8 Å². The molecule has 0 unspecified atom stereocenters. The molecule has 0 saturated carbocycles. The molecular weight excluding hydrogens is 314 g/mol. The lowest BCUT2D eigenvalue weighted by Gasteiger charge is -2.01. The van der Waals surface area contributed by atoms with E-state index in [0.29, 0.717) is 5.57 Å². The van der Waals surface area contributed by atoms with E-state index in [9.17, 15) is 5.26 Å². The van der Waals surface area contributed by atoms with Crippen molar-refractivity contribution in [1.82, 2.24) is 4.98 Å². The number of thiazole rings is 1. The fourth-order valence-electron chi connectivity index (χ4n) is 2.27. The molecular formula is C20H17N3S. The number of nitrogens with zero attached hydrogens (tertiary/aromatic N) is 2. The van der Waals surface area contributed by atoms with Crippen LogP contribution in [0.5, 0.6) is 0 Å². The number of hydrogen-bond donors (Lipinski definition) is 1. The van der Waals surface area contributed by atoms with E-state index in [-0.39, 0.29) is 0 Å². The van der Waals surface area contributed by atoms with Crippen LogP contribution in [0.2, 0.25) is 0 Å². The lowest BCUT2D eigenvalue weighted by atomic mass is 10.1. The van der Waals surface area contributed by atoms with Crippen molar-refractivity contribution in [2.75, 3.05) is 5.32 Å². The van der Waals surface area contributed by atoms with Crippen molar-refractivity contribution >= 4 is 22.6 Å². The molecule has 1 heterocycles. The molecule has 4 heteroatoms. The Hall–Kier alpha value is -2.90. The number of nitriles is 1. The third kappa shape index (κ3) is 3.70. The summed E-state index contributed by atoms with van der Waals surface area (Å²) in [4.78, 5) is 4.61. The lowest BCUT2D eigenvalue weighted by Crippen LogP contribution is -1.90. The van der Waals surface area contributed by atoms with Gasteiger partial charge in [-0.15, -0.1) is 11.3 Å². The van der Waals surface area contributed by atoms with Crippen LogP contribution in [0, 0.1) is 11.3 Å². The maximum Gasteiger partial charge on any atom is 0.136 e. The van der Waals surface area contributed by atoms with E-state index < -0.39 is 0 Å². The first-order valence-electron chi connectivity index (χ1n) is 7.77. The van der Waals surface area contributed by atoms with Gasteiger partial charge in [0, 0.05) is 22.8 Å². The van der Waals surface area contributed by atoms with Crippen LogP contribution in [0.1, 0.15) is 17.5 Å². The molecule has 0 fully saturated rings. The highest BCUT2D eigenvalue weighted by molar-refractivity contribution is 7.11. The normalized spacial score (nSPS) is 11.1. The third-order valence-electron chi connectivity index (χ3n) is 3.67. The van der Waals surface area contributed by atoms with Gasteiger partial charge in [0.2, 0.25) is 0 Å². The monoisotopic (exact) mass is 331 g/mol. The van der Waals surface area contributed by atoms with Crippen LogP contribution in [0.4, 0.5) is 5.69 Å². The van der Waals surface area contributed by atoms with Crippen LogP contribution in [-0.2, 0) is 6.42 Å². The second kappa shape index (κ2) is 7.58. The van der Waals surface area contributed by atoms with Gasteiger partial charge >= 0.3 is 0 Å². The summed E-state index contributed by atoms with van der Waals surface area (Å²) in [5, 5.41) is 15.3. The zero-order valence-corrected chi connectivity index (χ0v) is 14.2. The lowest BCUT2D eigenvalue weighted by molar-refractivity contribution is 1.14. The van der Waals surface area contributed by atoms with Gasteiger partial charge in [-0.1, -0.05) is 49.4 Å². The Morgan fingerprint density at radius 2 is 1.92 bits per heavy atom. The zero-order valence-electron chi connectivity index (χ0n) is 13.4. The molecule has 0 aliphatic rings. The summed E-state index contributed by atoms with van der Waals surface area (Å²) >= 11 is 1.48.